The lowest BCUT2D eigenvalue weighted by Crippen LogP contribution is -1.85. The predicted octanol–water partition coefficient (Wildman–Crippen LogP) is 2.07. The molecule has 0 atom stereocenters. The molecule has 2 heteroatoms. The van der Waals surface area contributed by atoms with E-state index < -0.39 is 0 Å². The van der Waals surface area contributed by atoms with Crippen molar-refractivity contribution in [3.63, 3.8) is 0 Å². The first kappa shape index (κ1) is 7.45. The molecule has 0 amide bonds. The van der Waals surface area contributed by atoms with E-state index in [1.165, 1.54) is 11.1 Å². The molecular formula is C9H7NO. The fourth-order valence-electron chi connectivity index (χ4n) is 0.898. The molecule has 11 heavy (non-hydrogen) atoms. The van der Waals surface area contributed by atoms with Crippen LogP contribution in [0.15, 0.2) is 24.3 Å². The highest BCUT2D eigenvalue weighted by Crippen LogP contribution is 2.21. The van der Waals surface area contributed by atoms with E-state index in [4.69, 9.17) is 10.2 Å². The molecule has 0 saturated heterocycles. The van der Waals surface area contributed by atoms with Crippen LogP contribution in [0.3, 0.4) is 0 Å². The predicted molar refractivity (Wildman–Crippen MR) is 43.8 cm³/mol. The summed E-state index contributed by atoms with van der Waals surface area (Å²) < 4.78 is 0. The molecule has 1 aliphatic carbocycles. The number of rotatable bonds is 0. The molecule has 0 bridgehead atoms. The summed E-state index contributed by atoms with van der Waals surface area (Å²) in [5.41, 5.74) is 2.74. The topological polar surface area (TPSA) is 40.9 Å². The first-order valence-electron chi connectivity index (χ1n) is 3.19. The fraction of sp³-hybridized carbons (Fsp3) is 0. The van der Waals surface area contributed by atoms with Crippen LogP contribution in [0.5, 0.6) is 0 Å². The number of benzene rings is 1. The minimum absolute atomic E-state index is 0.750. The second kappa shape index (κ2) is 3.49. The molecule has 0 unspecified atom stereocenters. The van der Waals surface area contributed by atoms with Crippen molar-refractivity contribution in [2.75, 3.05) is 0 Å². The molecule has 0 heterocycles. The van der Waals surface area contributed by atoms with E-state index in [0.29, 0.717) is 0 Å². The third kappa shape index (κ3) is 1.63. The van der Waals surface area contributed by atoms with Gasteiger partial charge in [0.15, 0.2) is 0 Å². The molecule has 1 N–H and O–H groups in total. The van der Waals surface area contributed by atoms with Gasteiger partial charge in [-0.3, -0.25) is 0 Å². The zero-order valence-corrected chi connectivity index (χ0v) is 5.87. The molecule has 54 valence electrons. The van der Waals surface area contributed by atoms with Crippen LogP contribution in [0.25, 0.3) is 12.2 Å². The number of hydrogen-bond acceptors (Lipinski definition) is 2. The van der Waals surface area contributed by atoms with Crippen molar-refractivity contribution in [3.05, 3.63) is 35.4 Å². The van der Waals surface area contributed by atoms with Crippen LogP contribution in [0.4, 0.5) is 0 Å². The monoisotopic (exact) mass is 145 g/mol. The van der Waals surface area contributed by atoms with Crippen molar-refractivity contribution >= 4 is 18.2 Å². The zero-order valence-electron chi connectivity index (χ0n) is 5.87. The third-order valence-corrected chi connectivity index (χ3v) is 1.44. The molecule has 0 radical (unpaired) electrons. The number of fused-ring (bicyclic) bond motifs is 1. The molecule has 2 nitrogen and oxygen atoms in total. The van der Waals surface area contributed by atoms with E-state index in [2.05, 4.69) is 36.4 Å². The maximum absolute atomic E-state index is 8.35. The summed E-state index contributed by atoms with van der Waals surface area (Å²) in [4.78, 5) is 8.35. The first-order chi connectivity index (χ1) is 5.38. The van der Waals surface area contributed by atoms with Crippen molar-refractivity contribution in [2.45, 2.75) is 0 Å². The Hall–Kier alpha value is -1.66. The van der Waals surface area contributed by atoms with Crippen LogP contribution in [0.1, 0.15) is 11.1 Å². The summed E-state index contributed by atoms with van der Waals surface area (Å²) in [5.74, 6) is 0. The van der Waals surface area contributed by atoms with E-state index in [-0.39, 0.29) is 0 Å². The molecule has 2 rings (SSSR count). The van der Waals surface area contributed by atoms with Crippen LogP contribution < -0.4 is 0 Å². The lowest BCUT2D eigenvalue weighted by atomic mass is 9.99. The van der Waals surface area contributed by atoms with E-state index in [1.807, 2.05) is 0 Å². The largest absolute Gasteiger partial charge is 0.231 e. The maximum Gasteiger partial charge on any atom is 0.231 e. The van der Waals surface area contributed by atoms with Gasteiger partial charge in [0.05, 0.1) is 0 Å². The van der Waals surface area contributed by atoms with Crippen molar-refractivity contribution < 1.29 is 4.79 Å². The Balaban J connectivity index is 0.000000179. The molecule has 0 aliphatic heterocycles. The number of carbonyl (C=O) groups excluding carboxylic acids is 1. The number of hydrogen-bond donors (Lipinski definition) is 1. The van der Waals surface area contributed by atoms with Gasteiger partial charge in [0.25, 0.3) is 0 Å². The van der Waals surface area contributed by atoms with Gasteiger partial charge in [0.1, 0.15) is 0 Å². The van der Waals surface area contributed by atoms with Crippen LogP contribution in [-0.2, 0) is 4.79 Å². The summed E-state index contributed by atoms with van der Waals surface area (Å²) >= 11 is 0. The van der Waals surface area contributed by atoms with E-state index >= 15 is 0 Å². The summed E-state index contributed by atoms with van der Waals surface area (Å²) in [6.07, 6.45) is 4.99. The summed E-state index contributed by atoms with van der Waals surface area (Å²) in [7, 11) is 0. The highest BCUT2D eigenvalue weighted by atomic mass is 16.1. The Morgan fingerprint density at radius 2 is 1.45 bits per heavy atom. The highest BCUT2D eigenvalue weighted by Gasteiger charge is 1.99. The van der Waals surface area contributed by atoms with Gasteiger partial charge < -0.3 is 0 Å². The lowest BCUT2D eigenvalue weighted by Gasteiger charge is -2.06. The van der Waals surface area contributed by atoms with E-state index in [0.717, 1.165) is 6.08 Å². The Bertz CT molecular complexity index is 284. The third-order valence-electron chi connectivity index (χ3n) is 1.44. The normalized spacial score (nSPS) is 9.82. The summed E-state index contributed by atoms with van der Waals surface area (Å²) in [5, 5.41) is 5.40. The maximum atomic E-state index is 8.35. The smallest absolute Gasteiger partial charge is 0.222 e. The van der Waals surface area contributed by atoms with Gasteiger partial charge in [-0.1, -0.05) is 36.4 Å². The minimum Gasteiger partial charge on any atom is -0.222 e. The Labute approximate surface area is 64.7 Å². The second-order valence-electron chi connectivity index (χ2n) is 2.06. The van der Waals surface area contributed by atoms with Crippen molar-refractivity contribution in [2.24, 2.45) is 0 Å². The first-order valence-corrected chi connectivity index (χ1v) is 3.19. The van der Waals surface area contributed by atoms with Gasteiger partial charge in [0, 0.05) is 0 Å². The zero-order chi connectivity index (χ0) is 8.10. The van der Waals surface area contributed by atoms with Gasteiger partial charge in [0.2, 0.25) is 6.08 Å². The quantitative estimate of drug-likeness (QED) is 0.447. The molecule has 1 aromatic rings. The van der Waals surface area contributed by atoms with E-state index in [9.17, 15) is 0 Å². The van der Waals surface area contributed by atoms with Gasteiger partial charge >= 0.3 is 0 Å². The number of isocyanates is 1. The molecule has 1 aliphatic rings. The average Bonchev–Trinajstić information content (AvgIpc) is 1.94. The van der Waals surface area contributed by atoms with Crippen molar-refractivity contribution in [1.29, 1.82) is 5.41 Å². The lowest BCUT2D eigenvalue weighted by molar-refractivity contribution is 0.563. The molecule has 0 fully saturated rings. The van der Waals surface area contributed by atoms with Crippen molar-refractivity contribution in [3.8, 4) is 0 Å². The molecule has 0 spiro atoms. The summed E-state index contributed by atoms with van der Waals surface area (Å²) in [6.45, 7) is 0. The highest BCUT2D eigenvalue weighted by molar-refractivity contribution is 5.85. The second-order valence-corrected chi connectivity index (χ2v) is 2.06. The van der Waals surface area contributed by atoms with Gasteiger partial charge in [-0.2, -0.15) is 0 Å². The Kier molecular flexibility index (Phi) is 2.37. The van der Waals surface area contributed by atoms with Crippen LogP contribution >= 0.6 is 0 Å². The number of nitrogens with one attached hydrogen (secondary N) is 1. The molecule has 0 saturated carbocycles. The van der Waals surface area contributed by atoms with Crippen LogP contribution in [0, 0.1) is 5.41 Å². The average molecular weight is 145 g/mol. The van der Waals surface area contributed by atoms with Crippen LogP contribution in [0.2, 0.25) is 0 Å². The Morgan fingerprint density at radius 3 is 1.64 bits per heavy atom. The standard InChI is InChI=1S/C8H6.CHNO/c1-2-4-8-6-5-7(8)3-1;2-1-3/h1-6H;2H. The SMILES string of the molecule is C1=Cc2ccccc21.N=C=O. The summed E-state index contributed by atoms with van der Waals surface area (Å²) in [6, 6.07) is 8.36. The van der Waals surface area contributed by atoms with Gasteiger partial charge in [-0.05, 0) is 11.1 Å². The minimum atomic E-state index is 0.750. The molecular weight excluding hydrogens is 138 g/mol. The molecule has 1 aromatic carbocycles. The van der Waals surface area contributed by atoms with Gasteiger partial charge in [-0.15, -0.1) is 0 Å². The van der Waals surface area contributed by atoms with Gasteiger partial charge in [-0.25, -0.2) is 10.2 Å². The van der Waals surface area contributed by atoms with E-state index in [1.54, 1.807) is 0 Å². The van der Waals surface area contributed by atoms with Crippen molar-refractivity contribution in [1.82, 2.24) is 0 Å². The fourth-order valence-corrected chi connectivity index (χ4v) is 0.898. The van der Waals surface area contributed by atoms with Crippen LogP contribution in [-0.4, -0.2) is 6.08 Å². The Morgan fingerprint density at radius 1 is 1.09 bits per heavy atom. The molecule has 0 aromatic heterocycles.